The van der Waals surface area contributed by atoms with Gasteiger partial charge in [0.2, 0.25) is 0 Å². The van der Waals surface area contributed by atoms with Crippen molar-refractivity contribution in [2.75, 3.05) is 60.0 Å². The molecule has 31 heavy (non-hydrogen) atoms. The summed E-state index contributed by atoms with van der Waals surface area (Å²) in [6.45, 7) is 7.35. The van der Waals surface area contributed by atoms with Crippen molar-refractivity contribution in [3.63, 3.8) is 0 Å². The molecule has 0 spiro atoms. The van der Waals surface area contributed by atoms with E-state index in [0.29, 0.717) is 6.04 Å². The van der Waals surface area contributed by atoms with Crippen LogP contribution < -0.4 is 10.6 Å². The van der Waals surface area contributed by atoms with E-state index in [2.05, 4.69) is 80.3 Å². The Hall–Kier alpha value is -1.20. The zero-order chi connectivity index (χ0) is 21.0. The second-order valence-corrected chi connectivity index (χ2v) is 8.62. The van der Waals surface area contributed by atoms with Crippen molar-refractivity contribution in [3.8, 4) is 0 Å². The van der Waals surface area contributed by atoms with Crippen LogP contribution in [0.4, 0.5) is 0 Å². The smallest absolute Gasteiger partial charge is 0.191 e. The molecule has 1 aromatic carbocycles. The summed E-state index contributed by atoms with van der Waals surface area (Å²) in [7, 11) is 4.01. The minimum absolute atomic E-state index is 0. The van der Waals surface area contributed by atoms with Crippen LogP contribution in [0, 0.1) is 0 Å². The van der Waals surface area contributed by atoms with Crippen molar-refractivity contribution in [2.45, 2.75) is 19.0 Å². The van der Waals surface area contributed by atoms with Crippen LogP contribution >= 0.6 is 35.3 Å². The van der Waals surface area contributed by atoms with Gasteiger partial charge in [-0.1, -0.05) is 36.4 Å². The molecular formula is C23H36IN5OS. The third-order valence-corrected chi connectivity index (χ3v) is 6.32. The lowest BCUT2D eigenvalue weighted by molar-refractivity contribution is 0.0177. The normalized spacial score (nSPS) is 16.0. The highest BCUT2D eigenvalue weighted by Gasteiger charge is 2.23. The van der Waals surface area contributed by atoms with Gasteiger partial charge >= 0.3 is 0 Å². The number of aliphatic imine (C=N–C) groups is 1. The van der Waals surface area contributed by atoms with Gasteiger partial charge in [0, 0.05) is 44.6 Å². The standard InChI is InChI=1S/C23H35N5OS.HI/c1-24-23(25-11-7-12-27(2)19-20-8-4-3-5-9-20)26-18-21(22-10-6-17-30-22)28-13-15-29-16-14-28;/h3-6,8-10,17,21H,7,11-16,18-19H2,1-2H3,(H2,24,25,26);1H. The number of rotatable bonds is 10. The molecule has 1 aliphatic rings. The first-order valence-corrected chi connectivity index (χ1v) is 11.7. The third kappa shape index (κ3) is 9.05. The van der Waals surface area contributed by atoms with Crippen LogP contribution in [0.25, 0.3) is 0 Å². The highest BCUT2D eigenvalue weighted by atomic mass is 127. The molecule has 6 nitrogen and oxygen atoms in total. The van der Waals surface area contributed by atoms with Crippen LogP contribution in [0.15, 0.2) is 52.8 Å². The maximum atomic E-state index is 5.54. The van der Waals surface area contributed by atoms with Gasteiger partial charge in [-0.3, -0.25) is 9.89 Å². The first-order chi connectivity index (χ1) is 14.8. The molecular weight excluding hydrogens is 521 g/mol. The molecule has 2 heterocycles. The van der Waals surface area contributed by atoms with Gasteiger partial charge < -0.3 is 20.3 Å². The number of nitrogens with zero attached hydrogens (tertiary/aromatic N) is 3. The Morgan fingerprint density at radius 3 is 2.61 bits per heavy atom. The summed E-state index contributed by atoms with van der Waals surface area (Å²) in [5.41, 5.74) is 1.35. The van der Waals surface area contributed by atoms with Crippen molar-refractivity contribution in [3.05, 3.63) is 58.3 Å². The lowest BCUT2D eigenvalue weighted by Gasteiger charge is -2.34. The predicted octanol–water partition coefficient (Wildman–Crippen LogP) is 3.43. The Kier molecular flexibility index (Phi) is 12.4. The second-order valence-electron chi connectivity index (χ2n) is 7.64. The highest BCUT2D eigenvalue weighted by Crippen LogP contribution is 2.25. The molecule has 0 amide bonds. The number of hydrogen-bond donors (Lipinski definition) is 2. The van der Waals surface area contributed by atoms with Crippen molar-refractivity contribution < 1.29 is 4.74 Å². The Bertz CT molecular complexity index is 738. The molecule has 172 valence electrons. The van der Waals surface area contributed by atoms with Gasteiger partial charge in [0.25, 0.3) is 0 Å². The molecule has 0 radical (unpaired) electrons. The minimum Gasteiger partial charge on any atom is -0.379 e. The van der Waals surface area contributed by atoms with Crippen molar-refractivity contribution >= 4 is 41.3 Å². The lowest BCUT2D eigenvalue weighted by atomic mass is 10.2. The topological polar surface area (TPSA) is 52.1 Å². The highest BCUT2D eigenvalue weighted by molar-refractivity contribution is 14.0. The van der Waals surface area contributed by atoms with E-state index >= 15 is 0 Å². The fourth-order valence-corrected chi connectivity index (χ4v) is 4.58. The molecule has 1 aliphatic heterocycles. The number of halogens is 1. The van der Waals surface area contributed by atoms with E-state index in [-0.39, 0.29) is 24.0 Å². The zero-order valence-electron chi connectivity index (χ0n) is 18.6. The van der Waals surface area contributed by atoms with Crippen molar-refractivity contribution in [1.82, 2.24) is 20.4 Å². The van der Waals surface area contributed by atoms with Gasteiger partial charge in [0.1, 0.15) is 0 Å². The number of benzene rings is 1. The summed E-state index contributed by atoms with van der Waals surface area (Å²) >= 11 is 1.82. The SMILES string of the molecule is CN=C(NCCCN(C)Cc1ccccc1)NCC(c1cccs1)N1CCOCC1.I. The van der Waals surface area contributed by atoms with E-state index in [1.165, 1.54) is 10.4 Å². The predicted molar refractivity (Wildman–Crippen MR) is 142 cm³/mol. The van der Waals surface area contributed by atoms with Crippen LogP contribution in [0.2, 0.25) is 0 Å². The van der Waals surface area contributed by atoms with Gasteiger partial charge in [0.05, 0.1) is 19.3 Å². The minimum atomic E-state index is 0. The van der Waals surface area contributed by atoms with Crippen molar-refractivity contribution in [2.24, 2.45) is 4.99 Å². The number of ether oxygens (including phenoxy) is 1. The maximum absolute atomic E-state index is 5.54. The molecule has 0 aliphatic carbocycles. The van der Waals surface area contributed by atoms with Crippen LogP contribution in [0.3, 0.4) is 0 Å². The summed E-state index contributed by atoms with van der Waals surface area (Å²) in [4.78, 5) is 10.7. The molecule has 1 unspecified atom stereocenters. The number of nitrogens with one attached hydrogen (secondary N) is 2. The van der Waals surface area contributed by atoms with E-state index in [4.69, 9.17) is 4.74 Å². The first-order valence-electron chi connectivity index (χ1n) is 10.8. The Morgan fingerprint density at radius 1 is 1.16 bits per heavy atom. The zero-order valence-corrected chi connectivity index (χ0v) is 21.8. The van der Waals surface area contributed by atoms with Crippen LogP contribution in [-0.2, 0) is 11.3 Å². The molecule has 3 rings (SSSR count). The summed E-state index contributed by atoms with van der Waals surface area (Å²) in [6, 6.07) is 15.3. The molecule has 0 bridgehead atoms. The fraction of sp³-hybridized carbons (Fsp3) is 0.522. The average molecular weight is 558 g/mol. The van der Waals surface area contributed by atoms with Gasteiger partial charge in [-0.15, -0.1) is 35.3 Å². The van der Waals surface area contributed by atoms with Gasteiger partial charge in [-0.25, -0.2) is 0 Å². The number of thiophene rings is 1. The Morgan fingerprint density at radius 2 is 1.94 bits per heavy atom. The molecule has 8 heteroatoms. The molecule has 2 N–H and O–H groups in total. The van der Waals surface area contributed by atoms with Gasteiger partial charge in [0.15, 0.2) is 5.96 Å². The molecule has 0 saturated carbocycles. The average Bonchev–Trinajstić information content (AvgIpc) is 3.31. The number of hydrogen-bond acceptors (Lipinski definition) is 5. The van der Waals surface area contributed by atoms with E-state index < -0.39 is 0 Å². The summed E-state index contributed by atoms with van der Waals surface area (Å²) in [5.74, 6) is 0.871. The Balaban J connectivity index is 0.00000341. The van der Waals surface area contributed by atoms with E-state index in [0.717, 1.165) is 64.9 Å². The molecule has 2 aromatic rings. The maximum Gasteiger partial charge on any atom is 0.191 e. The molecule has 1 aromatic heterocycles. The second kappa shape index (κ2) is 14.8. The Labute approximate surface area is 208 Å². The fourth-order valence-electron chi connectivity index (χ4n) is 3.72. The summed E-state index contributed by atoms with van der Waals surface area (Å²) in [6.07, 6.45) is 1.07. The van der Waals surface area contributed by atoms with Crippen LogP contribution in [0.5, 0.6) is 0 Å². The summed E-state index contributed by atoms with van der Waals surface area (Å²) in [5, 5.41) is 9.15. The molecule has 1 fully saturated rings. The first kappa shape index (κ1) is 26.1. The van der Waals surface area contributed by atoms with E-state index in [1.54, 1.807) is 0 Å². The molecule has 1 atom stereocenters. The number of morpholine rings is 1. The van der Waals surface area contributed by atoms with Crippen LogP contribution in [-0.4, -0.2) is 75.8 Å². The summed E-state index contributed by atoms with van der Waals surface area (Å²) < 4.78 is 5.54. The van der Waals surface area contributed by atoms with Crippen LogP contribution in [0.1, 0.15) is 22.9 Å². The van der Waals surface area contributed by atoms with Crippen molar-refractivity contribution in [1.29, 1.82) is 0 Å². The van der Waals surface area contributed by atoms with Gasteiger partial charge in [-0.05, 0) is 37.0 Å². The van der Waals surface area contributed by atoms with Gasteiger partial charge in [-0.2, -0.15) is 0 Å². The largest absolute Gasteiger partial charge is 0.379 e. The monoisotopic (exact) mass is 557 g/mol. The van der Waals surface area contributed by atoms with E-state index in [1.807, 2.05) is 18.4 Å². The van der Waals surface area contributed by atoms with E-state index in [9.17, 15) is 0 Å². The number of guanidine groups is 1. The molecule has 1 saturated heterocycles. The quantitative estimate of drug-likeness (QED) is 0.203. The lowest BCUT2D eigenvalue weighted by Crippen LogP contribution is -2.46. The third-order valence-electron chi connectivity index (χ3n) is 5.35.